The van der Waals surface area contributed by atoms with Gasteiger partial charge in [-0.25, -0.2) is 0 Å². The minimum absolute atomic E-state index is 0.0935. The first-order chi connectivity index (χ1) is 12.5. The Morgan fingerprint density at radius 1 is 1.31 bits per heavy atom. The molecule has 6 heteroatoms. The fourth-order valence-electron chi connectivity index (χ4n) is 4.13. The SMILES string of the molecule is CCOC(=O)C[C@@H]1c2cc(Br)ccc2OC(=O)[C@H]1[C@H]1CCCCC(=O)C1. The Hall–Kier alpha value is -1.69. The number of ketones is 1. The van der Waals surface area contributed by atoms with Crippen LogP contribution in [-0.2, 0) is 19.1 Å². The number of carbonyl (C=O) groups excluding carboxylic acids is 3. The van der Waals surface area contributed by atoms with Gasteiger partial charge in [0.05, 0.1) is 18.9 Å². The van der Waals surface area contributed by atoms with E-state index in [1.165, 1.54) is 0 Å². The first-order valence-corrected chi connectivity index (χ1v) is 9.97. The van der Waals surface area contributed by atoms with E-state index in [-0.39, 0.29) is 36.0 Å². The minimum Gasteiger partial charge on any atom is -0.466 e. The highest BCUT2D eigenvalue weighted by Gasteiger charge is 2.44. The van der Waals surface area contributed by atoms with Gasteiger partial charge >= 0.3 is 11.9 Å². The maximum atomic E-state index is 12.8. The van der Waals surface area contributed by atoms with Crippen LogP contribution in [0.4, 0.5) is 0 Å². The van der Waals surface area contributed by atoms with Gasteiger partial charge in [0.2, 0.25) is 0 Å². The number of Topliss-reactive ketones (excluding diaryl/α,β-unsaturated/α-hetero) is 1. The van der Waals surface area contributed by atoms with Crippen molar-refractivity contribution in [3.8, 4) is 5.75 Å². The number of hydrogen-bond acceptors (Lipinski definition) is 5. The molecular formula is C20H23BrO5. The van der Waals surface area contributed by atoms with Crippen molar-refractivity contribution in [2.45, 2.75) is 51.4 Å². The molecule has 1 fully saturated rings. The van der Waals surface area contributed by atoms with E-state index in [4.69, 9.17) is 9.47 Å². The molecule has 1 aromatic rings. The van der Waals surface area contributed by atoms with Crippen LogP contribution in [0.2, 0.25) is 0 Å². The summed E-state index contributed by atoms with van der Waals surface area (Å²) in [6.45, 7) is 2.06. The van der Waals surface area contributed by atoms with Crippen LogP contribution >= 0.6 is 15.9 Å². The molecule has 5 nitrogen and oxygen atoms in total. The summed E-state index contributed by atoms with van der Waals surface area (Å²) < 4.78 is 11.6. The number of fused-ring (bicyclic) bond motifs is 1. The zero-order valence-electron chi connectivity index (χ0n) is 14.8. The molecule has 3 rings (SSSR count). The van der Waals surface area contributed by atoms with Crippen LogP contribution < -0.4 is 4.74 Å². The van der Waals surface area contributed by atoms with Gasteiger partial charge in [-0.15, -0.1) is 0 Å². The third kappa shape index (κ3) is 4.17. The number of esters is 2. The second-order valence-corrected chi connectivity index (χ2v) is 7.91. The van der Waals surface area contributed by atoms with Crippen molar-refractivity contribution in [3.05, 3.63) is 28.2 Å². The Morgan fingerprint density at radius 2 is 2.12 bits per heavy atom. The van der Waals surface area contributed by atoms with Gasteiger partial charge in [-0.05, 0) is 43.9 Å². The summed E-state index contributed by atoms with van der Waals surface area (Å²) in [6.07, 6.45) is 3.64. The topological polar surface area (TPSA) is 69.7 Å². The third-order valence-corrected chi connectivity index (χ3v) is 5.75. The molecule has 0 spiro atoms. The molecule has 0 aromatic heterocycles. The predicted octanol–water partition coefficient (Wildman–Crippen LogP) is 4.17. The van der Waals surface area contributed by atoms with Gasteiger partial charge in [0.25, 0.3) is 0 Å². The summed E-state index contributed by atoms with van der Waals surface area (Å²) in [6, 6.07) is 5.45. The Morgan fingerprint density at radius 3 is 2.88 bits per heavy atom. The average Bonchev–Trinajstić information content (AvgIpc) is 2.80. The fourth-order valence-corrected chi connectivity index (χ4v) is 4.50. The van der Waals surface area contributed by atoms with Crippen LogP contribution in [0.3, 0.4) is 0 Å². The van der Waals surface area contributed by atoms with E-state index in [1.54, 1.807) is 13.0 Å². The molecule has 0 saturated heterocycles. The second-order valence-electron chi connectivity index (χ2n) is 6.99. The van der Waals surface area contributed by atoms with Gasteiger partial charge in [-0.1, -0.05) is 22.4 Å². The van der Waals surface area contributed by atoms with Crippen LogP contribution in [-0.4, -0.2) is 24.3 Å². The van der Waals surface area contributed by atoms with Crippen molar-refractivity contribution < 1.29 is 23.9 Å². The minimum atomic E-state index is -0.497. The predicted molar refractivity (Wildman–Crippen MR) is 98.8 cm³/mol. The van der Waals surface area contributed by atoms with E-state index in [9.17, 15) is 14.4 Å². The molecule has 0 unspecified atom stereocenters. The van der Waals surface area contributed by atoms with Gasteiger partial charge in [0.15, 0.2) is 0 Å². The van der Waals surface area contributed by atoms with E-state index in [1.807, 2.05) is 12.1 Å². The molecule has 1 aliphatic heterocycles. The first kappa shape index (κ1) is 19.1. The molecule has 3 atom stereocenters. The lowest BCUT2D eigenvalue weighted by Crippen LogP contribution is -2.38. The normalized spacial score (nSPS) is 25.8. The lowest BCUT2D eigenvalue weighted by Gasteiger charge is -2.35. The van der Waals surface area contributed by atoms with Crippen molar-refractivity contribution in [1.82, 2.24) is 0 Å². The smallest absolute Gasteiger partial charge is 0.315 e. The van der Waals surface area contributed by atoms with Crippen molar-refractivity contribution in [2.75, 3.05) is 6.61 Å². The van der Waals surface area contributed by atoms with Crippen LogP contribution in [0.25, 0.3) is 0 Å². The quantitative estimate of drug-likeness (QED) is 0.413. The van der Waals surface area contributed by atoms with Crippen molar-refractivity contribution in [1.29, 1.82) is 0 Å². The Balaban J connectivity index is 1.97. The number of ether oxygens (including phenoxy) is 2. The van der Waals surface area contributed by atoms with Gasteiger partial charge in [-0.3, -0.25) is 14.4 Å². The van der Waals surface area contributed by atoms with Gasteiger partial charge in [-0.2, -0.15) is 0 Å². The number of carbonyl (C=O) groups is 3. The molecule has 26 heavy (non-hydrogen) atoms. The van der Waals surface area contributed by atoms with Crippen LogP contribution in [0.1, 0.15) is 56.9 Å². The summed E-state index contributed by atoms with van der Waals surface area (Å²) in [7, 11) is 0. The highest BCUT2D eigenvalue weighted by Crippen LogP contribution is 2.46. The number of hydrogen-bond donors (Lipinski definition) is 0. The van der Waals surface area contributed by atoms with Crippen LogP contribution in [0.5, 0.6) is 5.75 Å². The van der Waals surface area contributed by atoms with E-state index in [0.717, 1.165) is 29.3 Å². The molecule has 1 aromatic carbocycles. The summed E-state index contributed by atoms with van der Waals surface area (Å²) in [5.41, 5.74) is 0.828. The zero-order chi connectivity index (χ0) is 18.7. The maximum absolute atomic E-state index is 12.8. The van der Waals surface area contributed by atoms with E-state index in [0.29, 0.717) is 25.2 Å². The van der Waals surface area contributed by atoms with Crippen LogP contribution in [0.15, 0.2) is 22.7 Å². The zero-order valence-corrected chi connectivity index (χ0v) is 16.4. The van der Waals surface area contributed by atoms with Crippen molar-refractivity contribution >= 4 is 33.7 Å². The van der Waals surface area contributed by atoms with Gasteiger partial charge in [0, 0.05) is 28.8 Å². The molecule has 0 bridgehead atoms. The van der Waals surface area contributed by atoms with E-state index < -0.39 is 5.92 Å². The number of benzene rings is 1. The Labute approximate surface area is 161 Å². The average molecular weight is 423 g/mol. The largest absolute Gasteiger partial charge is 0.466 e. The number of halogens is 1. The summed E-state index contributed by atoms with van der Waals surface area (Å²) in [5, 5.41) is 0. The van der Waals surface area contributed by atoms with E-state index in [2.05, 4.69) is 15.9 Å². The highest BCUT2D eigenvalue weighted by molar-refractivity contribution is 9.10. The Kier molecular flexibility index (Phi) is 6.12. The molecule has 0 radical (unpaired) electrons. The molecule has 1 aliphatic carbocycles. The molecule has 1 saturated carbocycles. The molecule has 1 heterocycles. The maximum Gasteiger partial charge on any atom is 0.315 e. The standard InChI is InChI=1S/C20H23BrO5/c1-2-25-18(23)11-16-15-10-13(21)7-8-17(15)26-20(24)19(16)12-5-3-4-6-14(22)9-12/h7-8,10,12,16,19H,2-6,9,11H2,1H3/t12-,16+,19-/m0/s1. The lowest BCUT2D eigenvalue weighted by molar-refractivity contribution is -0.147. The second kappa shape index (κ2) is 8.33. The van der Waals surface area contributed by atoms with E-state index >= 15 is 0 Å². The first-order valence-electron chi connectivity index (χ1n) is 9.18. The Bertz CT molecular complexity index is 714. The third-order valence-electron chi connectivity index (χ3n) is 5.26. The summed E-state index contributed by atoms with van der Waals surface area (Å²) >= 11 is 3.46. The summed E-state index contributed by atoms with van der Waals surface area (Å²) in [4.78, 5) is 37.2. The van der Waals surface area contributed by atoms with Crippen LogP contribution in [0, 0.1) is 11.8 Å². The molecule has 140 valence electrons. The lowest BCUT2D eigenvalue weighted by atomic mass is 9.72. The van der Waals surface area contributed by atoms with Gasteiger partial charge in [0.1, 0.15) is 11.5 Å². The molecule has 2 aliphatic rings. The molecule has 0 amide bonds. The molecule has 0 N–H and O–H groups in total. The van der Waals surface area contributed by atoms with Crippen molar-refractivity contribution in [2.24, 2.45) is 11.8 Å². The fraction of sp³-hybridized carbons (Fsp3) is 0.550. The van der Waals surface area contributed by atoms with Crippen molar-refractivity contribution in [3.63, 3.8) is 0 Å². The molecular weight excluding hydrogens is 400 g/mol. The highest BCUT2D eigenvalue weighted by atomic mass is 79.9. The number of rotatable bonds is 4. The van der Waals surface area contributed by atoms with Gasteiger partial charge < -0.3 is 9.47 Å². The summed E-state index contributed by atoms with van der Waals surface area (Å²) in [5.74, 6) is -0.915. The monoisotopic (exact) mass is 422 g/mol.